The van der Waals surface area contributed by atoms with Crippen molar-refractivity contribution in [3.8, 4) is 0 Å². The first-order chi connectivity index (χ1) is 9.52. The van der Waals surface area contributed by atoms with Crippen molar-refractivity contribution in [3.05, 3.63) is 48.5 Å². The first kappa shape index (κ1) is 15.8. The maximum atomic E-state index is 4.10. The van der Waals surface area contributed by atoms with Crippen LogP contribution in [0.2, 0.25) is 0 Å². The molecule has 0 aliphatic carbocycles. The van der Waals surface area contributed by atoms with E-state index in [-0.39, 0.29) is 0 Å². The summed E-state index contributed by atoms with van der Waals surface area (Å²) in [4.78, 5) is 4.42. The zero-order chi connectivity index (χ0) is 14.7. The second-order valence-electron chi connectivity index (χ2n) is 5.27. The zero-order valence-corrected chi connectivity index (χ0v) is 18.5. The molecule has 20 heavy (non-hydrogen) atoms. The van der Waals surface area contributed by atoms with E-state index < -0.39 is 20.3 Å². The van der Waals surface area contributed by atoms with Gasteiger partial charge in [0.2, 0.25) is 0 Å². The first-order valence-electron chi connectivity index (χ1n) is 6.69. The Hall–Kier alpha value is -0.558. The van der Waals surface area contributed by atoms with E-state index in [1.54, 1.807) is 0 Å². The second kappa shape index (κ2) is 6.94. The molecule has 4 heteroatoms. The van der Waals surface area contributed by atoms with Gasteiger partial charge in [0.25, 0.3) is 0 Å². The Morgan fingerprint density at radius 3 is 1.40 bits per heavy atom. The van der Waals surface area contributed by atoms with Gasteiger partial charge in [0.05, 0.1) is 0 Å². The van der Waals surface area contributed by atoms with E-state index in [0.717, 1.165) is 0 Å². The van der Waals surface area contributed by atoms with E-state index in [9.17, 15) is 0 Å². The van der Waals surface area contributed by atoms with Gasteiger partial charge >= 0.3 is 136 Å². The third-order valence-electron chi connectivity index (χ3n) is 3.38. The normalized spacial score (nSPS) is 10.2. The number of nitrogens with zero attached hydrogens (tertiary/aromatic N) is 2. The van der Waals surface area contributed by atoms with Gasteiger partial charge in [-0.05, 0) is 0 Å². The standard InChI is InChI=1S/2C8H10N.BrH.Tl/c2*1-9(2)8-6-4-3-5-7-8;;/h2*3-6H,1-2H3;1H;/q;;;+1/p-1. The molecule has 0 bridgehead atoms. The summed E-state index contributed by atoms with van der Waals surface area (Å²) in [7, 11) is 8.46. The molecule has 0 heterocycles. The average Bonchev–Trinajstić information content (AvgIpc) is 2.46. The fraction of sp³-hybridized carbons (Fsp3) is 0.250. The predicted molar refractivity (Wildman–Crippen MR) is 95.5 cm³/mol. The molecular formula is C16H20BrN2Tl. The number of rotatable bonds is 4. The van der Waals surface area contributed by atoms with E-state index in [1.165, 1.54) is 17.6 Å². The van der Waals surface area contributed by atoms with Gasteiger partial charge in [-0.1, -0.05) is 0 Å². The van der Waals surface area contributed by atoms with Crippen LogP contribution in [-0.4, -0.2) is 48.5 Å². The fourth-order valence-corrected chi connectivity index (χ4v) is 17.4. The number of hydrogen-bond acceptors (Lipinski definition) is 2. The number of benzene rings is 2. The molecule has 2 nitrogen and oxygen atoms in total. The Morgan fingerprint density at radius 2 is 1.05 bits per heavy atom. The van der Waals surface area contributed by atoms with Crippen molar-refractivity contribution in [3.63, 3.8) is 0 Å². The molecule has 104 valence electrons. The molecule has 0 aliphatic rings. The summed E-state index contributed by atoms with van der Waals surface area (Å²) in [6, 6.07) is 17.5. The molecule has 0 spiro atoms. The Bertz CT molecular complexity index is 533. The molecule has 0 aromatic heterocycles. The van der Waals surface area contributed by atoms with Crippen LogP contribution < -0.4 is 16.0 Å². The molecule has 2 aromatic carbocycles. The Labute approximate surface area is 135 Å². The molecule has 0 aliphatic heterocycles. The van der Waals surface area contributed by atoms with Gasteiger partial charge < -0.3 is 0 Å². The van der Waals surface area contributed by atoms with E-state index in [4.69, 9.17) is 0 Å². The molecule has 0 unspecified atom stereocenters. The molecular weight excluding hydrogens is 504 g/mol. The summed E-state index contributed by atoms with van der Waals surface area (Å²) in [5, 5.41) is 0. The zero-order valence-electron chi connectivity index (χ0n) is 12.5. The van der Waals surface area contributed by atoms with Crippen molar-refractivity contribution in [2.75, 3.05) is 38.0 Å². The van der Waals surface area contributed by atoms with Crippen molar-refractivity contribution in [1.29, 1.82) is 0 Å². The van der Waals surface area contributed by atoms with Crippen LogP contribution in [0.5, 0.6) is 0 Å². The molecule has 2 aromatic rings. The van der Waals surface area contributed by atoms with Crippen molar-refractivity contribution >= 4 is 49.9 Å². The van der Waals surface area contributed by atoms with Crippen LogP contribution in [0.4, 0.5) is 11.4 Å². The average molecular weight is 525 g/mol. The molecule has 0 saturated carbocycles. The summed E-state index contributed by atoms with van der Waals surface area (Å²) < 4.78 is 3.01. The molecule has 0 atom stereocenters. The molecule has 0 fully saturated rings. The van der Waals surface area contributed by atoms with Crippen LogP contribution in [0.15, 0.2) is 48.5 Å². The number of para-hydroxylation sites is 2. The van der Waals surface area contributed by atoms with Crippen LogP contribution in [0.3, 0.4) is 0 Å². The Morgan fingerprint density at radius 1 is 0.700 bits per heavy atom. The van der Waals surface area contributed by atoms with Gasteiger partial charge in [-0.15, -0.1) is 0 Å². The van der Waals surface area contributed by atoms with Crippen LogP contribution >= 0.6 is 12.0 Å². The van der Waals surface area contributed by atoms with E-state index in [0.29, 0.717) is 0 Å². The summed E-state index contributed by atoms with van der Waals surface area (Å²) in [5.41, 5.74) is 2.68. The SMILES string of the molecule is CN(C)c1cccc[c]1[Tl]([Br])[c]1ccccc1N(C)C. The van der Waals surface area contributed by atoms with Gasteiger partial charge in [-0.25, -0.2) is 0 Å². The quantitative estimate of drug-likeness (QED) is 0.567. The van der Waals surface area contributed by atoms with Crippen LogP contribution in [-0.2, 0) is 0 Å². The fourth-order valence-electron chi connectivity index (χ4n) is 2.39. The molecule has 0 saturated heterocycles. The second-order valence-corrected chi connectivity index (χ2v) is 21.0. The molecule has 0 radical (unpaired) electrons. The molecule has 0 N–H and O–H groups in total. The van der Waals surface area contributed by atoms with Gasteiger partial charge in [0, 0.05) is 0 Å². The van der Waals surface area contributed by atoms with Gasteiger partial charge in [0.15, 0.2) is 0 Å². The van der Waals surface area contributed by atoms with Crippen molar-refractivity contribution < 1.29 is 0 Å². The summed E-state index contributed by atoms with van der Waals surface area (Å²) in [6.45, 7) is 0. The first-order valence-corrected chi connectivity index (χ1v) is 20.9. The van der Waals surface area contributed by atoms with Crippen LogP contribution in [0.1, 0.15) is 0 Å². The Balaban J connectivity index is 2.50. The molecule has 0 amide bonds. The van der Waals surface area contributed by atoms with Gasteiger partial charge in [0.1, 0.15) is 0 Å². The topological polar surface area (TPSA) is 6.48 Å². The van der Waals surface area contributed by atoms with Crippen LogP contribution in [0.25, 0.3) is 0 Å². The van der Waals surface area contributed by atoms with E-state index in [2.05, 4.69) is 98.5 Å². The predicted octanol–water partition coefficient (Wildman–Crippen LogP) is 2.32. The Kier molecular flexibility index (Phi) is 5.49. The van der Waals surface area contributed by atoms with Crippen molar-refractivity contribution in [1.82, 2.24) is 0 Å². The van der Waals surface area contributed by atoms with Crippen molar-refractivity contribution in [2.24, 2.45) is 0 Å². The summed E-state index contributed by atoms with van der Waals surface area (Å²) in [5.74, 6) is 0. The van der Waals surface area contributed by atoms with Gasteiger partial charge in [-0.2, -0.15) is 0 Å². The summed E-state index contributed by atoms with van der Waals surface area (Å²) >= 11 is 1.78. The van der Waals surface area contributed by atoms with E-state index in [1.807, 2.05) is 0 Å². The minimum absolute atomic E-state index is 1.34. The maximum absolute atomic E-state index is 4.10. The number of anilines is 2. The van der Waals surface area contributed by atoms with E-state index >= 15 is 0 Å². The minimum atomic E-state index is -2.32. The van der Waals surface area contributed by atoms with Crippen molar-refractivity contribution in [2.45, 2.75) is 0 Å². The van der Waals surface area contributed by atoms with Crippen LogP contribution in [0, 0.1) is 0 Å². The number of halogens is 1. The third-order valence-corrected chi connectivity index (χ3v) is 20.1. The van der Waals surface area contributed by atoms with Gasteiger partial charge in [-0.3, -0.25) is 0 Å². The molecule has 2 rings (SSSR count). The monoisotopic (exact) mass is 524 g/mol. The summed E-state index contributed by atoms with van der Waals surface area (Å²) in [6.07, 6.45) is 0. The third kappa shape index (κ3) is 3.36. The number of hydrogen-bond donors (Lipinski definition) is 0.